The van der Waals surface area contributed by atoms with E-state index >= 15 is 0 Å². The first-order valence-corrected chi connectivity index (χ1v) is 10.6. The predicted molar refractivity (Wildman–Crippen MR) is 118 cm³/mol. The summed E-state index contributed by atoms with van der Waals surface area (Å²) in [6, 6.07) is 10.6. The van der Waals surface area contributed by atoms with Gasteiger partial charge in [-0.05, 0) is 43.7 Å². The van der Waals surface area contributed by atoms with Crippen molar-refractivity contribution in [3.63, 3.8) is 0 Å². The number of nitrogens with zero attached hydrogens (tertiary/aromatic N) is 2. The molecule has 3 N–H and O–H groups in total. The molecule has 0 aromatic heterocycles. The summed E-state index contributed by atoms with van der Waals surface area (Å²) in [5, 5.41) is 9.80. The molecule has 6 nitrogen and oxygen atoms in total. The molecule has 0 spiro atoms. The van der Waals surface area contributed by atoms with Crippen LogP contribution in [0.2, 0.25) is 0 Å². The van der Waals surface area contributed by atoms with Gasteiger partial charge in [0.15, 0.2) is 5.96 Å². The van der Waals surface area contributed by atoms with Crippen LogP contribution in [-0.4, -0.2) is 56.0 Å². The van der Waals surface area contributed by atoms with E-state index in [1.807, 2.05) is 6.07 Å². The molecule has 6 heteroatoms. The van der Waals surface area contributed by atoms with Crippen LogP contribution in [0.5, 0.6) is 0 Å². The van der Waals surface area contributed by atoms with Crippen molar-refractivity contribution in [2.75, 3.05) is 38.5 Å². The van der Waals surface area contributed by atoms with Crippen LogP contribution in [-0.2, 0) is 4.79 Å². The summed E-state index contributed by atoms with van der Waals surface area (Å²) < 4.78 is 0. The zero-order valence-electron chi connectivity index (χ0n) is 17.9. The third-order valence-electron chi connectivity index (χ3n) is 5.37. The number of amides is 1. The number of para-hydroxylation sites is 1. The number of benzene rings is 1. The van der Waals surface area contributed by atoms with Crippen LogP contribution in [0.3, 0.4) is 0 Å². The monoisotopic (exact) mass is 387 g/mol. The van der Waals surface area contributed by atoms with Gasteiger partial charge in [-0.15, -0.1) is 0 Å². The fraction of sp³-hybridized carbons (Fsp3) is 0.636. The van der Waals surface area contributed by atoms with E-state index < -0.39 is 0 Å². The maximum Gasteiger partial charge on any atom is 0.220 e. The van der Waals surface area contributed by atoms with Crippen molar-refractivity contribution in [2.24, 2.45) is 16.8 Å². The van der Waals surface area contributed by atoms with Crippen molar-refractivity contribution < 1.29 is 4.79 Å². The number of rotatable bonds is 8. The Balaban J connectivity index is 1.95. The molecule has 1 aliphatic rings. The maximum absolute atomic E-state index is 11.6. The van der Waals surface area contributed by atoms with Crippen LogP contribution in [0.1, 0.15) is 40.0 Å². The van der Waals surface area contributed by atoms with Crippen molar-refractivity contribution >= 4 is 17.6 Å². The lowest BCUT2D eigenvalue weighted by Crippen LogP contribution is -2.46. The first-order chi connectivity index (χ1) is 13.5. The number of piperidine rings is 1. The summed E-state index contributed by atoms with van der Waals surface area (Å²) in [4.78, 5) is 18.9. The predicted octanol–water partition coefficient (Wildman–Crippen LogP) is 2.94. The third-order valence-corrected chi connectivity index (χ3v) is 5.37. The van der Waals surface area contributed by atoms with Crippen molar-refractivity contribution in [1.29, 1.82) is 0 Å². The van der Waals surface area contributed by atoms with E-state index in [0.717, 1.165) is 50.7 Å². The first kappa shape index (κ1) is 22.1. The Hall–Kier alpha value is -2.24. The average Bonchev–Trinajstić information content (AvgIpc) is 2.71. The highest BCUT2D eigenvalue weighted by atomic mass is 16.1. The molecule has 2 rings (SSSR count). The number of carbonyl (C=O) groups excluding carboxylic acids is 1. The lowest BCUT2D eigenvalue weighted by molar-refractivity contribution is -0.121. The fourth-order valence-corrected chi connectivity index (χ4v) is 3.50. The van der Waals surface area contributed by atoms with Gasteiger partial charge in [0.25, 0.3) is 0 Å². The van der Waals surface area contributed by atoms with E-state index in [9.17, 15) is 4.79 Å². The molecule has 28 heavy (non-hydrogen) atoms. The van der Waals surface area contributed by atoms with Gasteiger partial charge in [0.2, 0.25) is 5.91 Å². The lowest BCUT2D eigenvalue weighted by atomic mass is 9.93. The summed E-state index contributed by atoms with van der Waals surface area (Å²) in [5.41, 5.74) is 1.14. The molecule has 0 radical (unpaired) electrons. The smallest absolute Gasteiger partial charge is 0.220 e. The zero-order chi connectivity index (χ0) is 20.4. The Bertz CT molecular complexity index is 609. The molecule has 1 aromatic carbocycles. The zero-order valence-corrected chi connectivity index (χ0v) is 17.9. The number of carbonyl (C=O) groups is 1. The highest BCUT2D eigenvalue weighted by molar-refractivity contribution is 5.80. The molecule has 0 saturated carbocycles. The Kier molecular flexibility index (Phi) is 9.11. The number of anilines is 1. The van der Waals surface area contributed by atoms with Gasteiger partial charge < -0.3 is 20.9 Å². The normalized spacial score (nSPS) is 16.8. The van der Waals surface area contributed by atoms with Crippen LogP contribution in [0, 0.1) is 11.8 Å². The molecule has 0 aliphatic carbocycles. The van der Waals surface area contributed by atoms with Gasteiger partial charge in [0.1, 0.15) is 0 Å². The van der Waals surface area contributed by atoms with E-state index in [1.165, 1.54) is 0 Å². The highest BCUT2D eigenvalue weighted by Crippen LogP contribution is 2.20. The second kappa shape index (κ2) is 11.6. The van der Waals surface area contributed by atoms with E-state index in [0.29, 0.717) is 18.3 Å². The molecule has 1 heterocycles. The minimum absolute atomic E-state index is 0.144. The molecule has 156 valence electrons. The topological polar surface area (TPSA) is 68.8 Å². The van der Waals surface area contributed by atoms with E-state index in [2.05, 4.69) is 65.9 Å². The third kappa shape index (κ3) is 7.06. The SMILES string of the molecule is CCNC(=NCC(Nc1ccccc1)C(C)C)N1CCC(CC(=O)NC)CC1. The lowest BCUT2D eigenvalue weighted by Gasteiger charge is -2.34. The molecule has 1 unspecified atom stereocenters. The Morgan fingerprint density at radius 2 is 1.89 bits per heavy atom. The minimum Gasteiger partial charge on any atom is -0.380 e. The van der Waals surface area contributed by atoms with Crippen LogP contribution < -0.4 is 16.0 Å². The van der Waals surface area contributed by atoms with Gasteiger partial charge in [0, 0.05) is 44.8 Å². The fourth-order valence-electron chi connectivity index (χ4n) is 3.50. The summed E-state index contributed by atoms with van der Waals surface area (Å²) in [7, 11) is 1.71. The van der Waals surface area contributed by atoms with E-state index in [4.69, 9.17) is 4.99 Å². The summed E-state index contributed by atoms with van der Waals surface area (Å²) >= 11 is 0. The van der Waals surface area contributed by atoms with Gasteiger partial charge in [-0.25, -0.2) is 0 Å². The van der Waals surface area contributed by atoms with Crippen molar-refractivity contribution in [3.8, 4) is 0 Å². The molecule has 1 saturated heterocycles. The van der Waals surface area contributed by atoms with Crippen LogP contribution in [0.15, 0.2) is 35.3 Å². The summed E-state index contributed by atoms with van der Waals surface area (Å²) in [5.74, 6) is 2.08. The summed E-state index contributed by atoms with van der Waals surface area (Å²) in [6.07, 6.45) is 2.70. The summed E-state index contributed by atoms with van der Waals surface area (Å²) in [6.45, 7) is 10.1. The molecule has 1 amide bonds. The van der Waals surface area contributed by atoms with Crippen LogP contribution in [0.4, 0.5) is 5.69 Å². The van der Waals surface area contributed by atoms with Gasteiger partial charge in [-0.1, -0.05) is 32.0 Å². The molecule has 1 aromatic rings. The molecule has 1 atom stereocenters. The second-order valence-electron chi connectivity index (χ2n) is 7.86. The van der Waals surface area contributed by atoms with Gasteiger partial charge >= 0.3 is 0 Å². The standard InChI is InChI=1S/C22H37N5O/c1-5-24-22(27-13-11-18(12-14-27)15-21(28)23-4)25-16-20(17(2)3)26-19-9-7-6-8-10-19/h6-10,17-18,20,26H,5,11-16H2,1-4H3,(H,23,28)(H,24,25). The second-order valence-corrected chi connectivity index (χ2v) is 7.86. The quantitative estimate of drug-likeness (QED) is 0.474. The van der Waals surface area contributed by atoms with Gasteiger partial charge in [-0.3, -0.25) is 9.79 Å². The number of hydrogen-bond donors (Lipinski definition) is 3. The average molecular weight is 388 g/mol. The van der Waals surface area contributed by atoms with Crippen LogP contribution in [0.25, 0.3) is 0 Å². The molecular formula is C22H37N5O. The van der Waals surface area contributed by atoms with Crippen molar-refractivity contribution in [2.45, 2.75) is 46.1 Å². The minimum atomic E-state index is 0.144. The van der Waals surface area contributed by atoms with Crippen LogP contribution >= 0.6 is 0 Å². The number of hydrogen-bond acceptors (Lipinski definition) is 3. The van der Waals surface area contributed by atoms with Gasteiger partial charge in [-0.2, -0.15) is 0 Å². The van der Waals surface area contributed by atoms with Crippen molar-refractivity contribution in [1.82, 2.24) is 15.5 Å². The Labute approximate surface area is 170 Å². The first-order valence-electron chi connectivity index (χ1n) is 10.6. The highest BCUT2D eigenvalue weighted by Gasteiger charge is 2.23. The Morgan fingerprint density at radius 1 is 1.21 bits per heavy atom. The van der Waals surface area contributed by atoms with Crippen molar-refractivity contribution in [3.05, 3.63) is 30.3 Å². The Morgan fingerprint density at radius 3 is 2.46 bits per heavy atom. The van der Waals surface area contributed by atoms with Gasteiger partial charge in [0.05, 0.1) is 6.54 Å². The number of guanidine groups is 1. The number of aliphatic imine (C=N–C) groups is 1. The molecule has 1 fully saturated rings. The van der Waals surface area contributed by atoms with E-state index in [-0.39, 0.29) is 11.9 Å². The molecular weight excluding hydrogens is 350 g/mol. The van der Waals surface area contributed by atoms with E-state index in [1.54, 1.807) is 7.05 Å². The number of nitrogens with one attached hydrogen (secondary N) is 3. The molecule has 0 bridgehead atoms. The maximum atomic E-state index is 11.6. The largest absolute Gasteiger partial charge is 0.380 e. The number of likely N-dealkylation sites (tertiary alicyclic amines) is 1. The molecule has 1 aliphatic heterocycles.